The summed E-state index contributed by atoms with van der Waals surface area (Å²) in [7, 11) is 0. The van der Waals surface area contributed by atoms with E-state index in [0.717, 1.165) is 5.56 Å². The quantitative estimate of drug-likeness (QED) is 0.314. The minimum atomic E-state index is -0.404. The fourth-order valence-corrected chi connectivity index (χ4v) is 3.69. The SMILES string of the molecule is CCOc1ccc(NC(=O)N(CC)CC(=O)Nc2cc(-c3ccccc3)nn2-c2ccc(F)cc2)cc1. The van der Waals surface area contributed by atoms with E-state index in [4.69, 9.17) is 4.74 Å². The summed E-state index contributed by atoms with van der Waals surface area (Å²) >= 11 is 0. The van der Waals surface area contributed by atoms with E-state index in [9.17, 15) is 14.0 Å². The summed E-state index contributed by atoms with van der Waals surface area (Å²) in [6.45, 7) is 4.39. The maximum Gasteiger partial charge on any atom is 0.322 e. The van der Waals surface area contributed by atoms with Crippen LogP contribution in [0.5, 0.6) is 5.75 Å². The van der Waals surface area contributed by atoms with Crippen LogP contribution in [0.3, 0.4) is 0 Å². The van der Waals surface area contributed by atoms with Gasteiger partial charge in [0.2, 0.25) is 5.91 Å². The monoisotopic (exact) mass is 501 g/mol. The van der Waals surface area contributed by atoms with Gasteiger partial charge in [-0.3, -0.25) is 4.79 Å². The van der Waals surface area contributed by atoms with Crippen molar-refractivity contribution in [3.05, 3.63) is 90.7 Å². The number of hydrogen-bond acceptors (Lipinski definition) is 4. The zero-order valence-corrected chi connectivity index (χ0v) is 20.6. The summed E-state index contributed by atoms with van der Waals surface area (Å²) in [5.74, 6) is 0.340. The number of hydrogen-bond donors (Lipinski definition) is 2. The van der Waals surface area contributed by atoms with Gasteiger partial charge in [0.1, 0.15) is 23.9 Å². The van der Waals surface area contributed by atoms with Crippen molar-refractivity contribution in [1.82, 2.24) is 14.7 Å². The number of rotatable bonds is 9. The van der Waals surface area contributed by atoms with Gasteiger partial charge >= 0.3 is 6.03 Å². The van der Waals surface area contributed by atoms with Gasteiger partial charge in [0.05, 0.1) is 18.0 Å². The van der Waals surface area contributed by atoms with Gasteiger partial charge in [0.15, 0.2) is 0 Å². The van der Waals surface area contributed by atoms with Crippen LogP contribution >= 0.6 is 0 Å². The second-order valence-corrected chi connectivity index (χ2v) is 8.12. The van der Waals surface area contributed by atoms with Crippen LogP contribution in [-0.4, -0.2) is 46.3 Å². The number of aromatic nitrogens is 2. The van der Waals surface area contributed by atoms with Crippen molar-refractivity contribution in [2.45, 2.75) is 13.8 Å². The number of amides is 3. The molecule has 190 valence electrons. The van der Waals surface area contributed by atoms with Gasteiger partial charge in [-0.05, 0) is 62.4 Å². The third-order valence-electron chi connectivity index (χ3n) is 5.54. The highest BCUT2D eigenvalue weighted by atomic mass is 19.1. The number of carbonyl (C=O) groups excluding carboxylic acids is 2. The van der Waals surface area contributed by atoms with Crippen LogP contribution in [0, 0.1) is 5.82 Å². The van der Waals surface area contributed by atoms with Crippen molar-refractivity contribution in [1.29, 1.82) is 0 Å². The van der Waals surface area contributed by atoms with E-state index in [1.165, 1.54) is 21.7 Å². The zero-order valence-electron chi connectivity index (χ0n) is 20.6. The van der Waals surface area contributed by atoms with Crippen molar-refractivity contribution in [3.63, 3.8) is 0 Å². The molecule has 3 aromatic carbocycles. The molecule has 8 nitrogen and oxygen atoms in total. The molecule has 1 aromatic heterocycles. The third kappa shape index (κ3) is 6.52. The molecule has 0 atom stereocenters. The minimum Gasteiger partial charge on any atom is -0.494 e. The summed E-state index contributed by atoms with van der Waals surface area (Å²) in [6.07, 6.45) is 0. The number of ether oxygens (including phenoxy) is 1. The third-order valence-corrected chi connectivity index (χ3v) is 5.54. The van der Waals surface area contributed by atoms with E-state index in [-0.39, 0.29) is 12.4 Å². The largest absolute Gasteiger partial charge is 0.494 e. The van der Waals surface area contributed by atoms with Crippen LogP contribution in [0.1, 0.15) is 13.8 Å². The fourth-order valence-electron chi connectivity index (χ4n) is 3.69. The van der Waals surface area contributed by atoms with E-state index in [1.807, 2.05) is 37.3 Å². The Labute approximate surface area is 214 Å². The van der Waals surface area contributed by atoms with E-state index in [0.29, 0.717) is 41.8 Å². The molecule has 4 aromatic rings. The molecule has 2 N–H and O–H groups in total. The number of benzene rings is 3. The molecule has 4 rings (SSSR count). The lowest BCUT2D eigenvalue weighted by atomic mass is 10.1. The molecule has 0 aliphatic rings. The van der Waals surface area contributed by atoms with Crippen molar-refractivity contribution >= 4 is 23.4 Å². The lowest BCUT2D eigenvalue weighted by Crippen LogP contribution is -2.40. The summed E-state index contributed by atoms with van der Waals surface area (Å²) in [6, 6.07) is 23.7. The first-order valence-corrected chi connectivity index (χ1v) is 12.0. The highest BCUT2D eigenvalue weighted by Crippen LogP contribution is 2.25. The minimum absolute atomic E-state index is 0.172. The Morgan fingerprint density at radius 2 is 1.65 bits per heavy atom. The average Bonchev–Trinajstić information content (AvgIpc) is 3.33. The maximum absolute atomic E-state index is 13.5. The lowest BCUT2D eigenvalue weighted by molar-refractivity contribution is -0.116. The first kappa shape index (κ1) is 25.4. The van der Waals surface area contributed by atoms with Crippen molar-refractivity contribution in [2.24, 2.45) is 0 Å². The summed E-state index contributed by atoms with van der Waals surface area (Å²) in [5, 5.41) is 10.3. The van der Waals surface area contributed by atoms with E-state index < -0.39 is 11.9 Å². The van der Waals surface area contributed by atoms with Crippen LogP contribution in [0.4, 0.5) is 20.7 Å². The number of halogens is 1. The highest BCUT2D eigenvalue weighted by Gasteiger charge is 2.19. The molecule has 0 spiro atoms. The van der Waals surface area contributed by atoms with Crippen molar-refractivity contribution < 1.29 is 18.7 Å². The second kappa shape index (κ2) is 11.9. The number of nitrogens with one attached hydrogen (secondary N) is 2. The molecule has 37 heavy (non-hydrogen) atoms. The number of likely N-dealkylation sites (N-methyl/N-ethyl adjacent to an activating group) is 1. The Bertz CT molecular complexity index is 1340. The molecule has 0 saturated carbocycles. The van der Waals surface area contributed by atoms with Gasteiger partial charge in [0, 0.05) is 23.9 Å². The number of nitrogens with zero attached hydrogens (tertiary/aromatic N) is 3. The summed E-state index contributed by atoms with van der Waals surface area (Å²) in [5.41, 5.74) is 2.68. The normalized spacial score (nSPS) is 10.6. The zero-order chi connectivity index (χ0) is 26.2. The number of urea groups is 1. The number of carbonyl (C=O) groups is 2. The Morgan fingerprint density at radius 1 is 0.946 bits per heavy atom. The van der Waals surface area contributed by atoms with Gasteiger partial charge < -0.3 is 20.3 Å². The first-order valence-electron chi connectivity index (χ1n) is 12.0. The van der Waals surface area contributed by atoms with Crippen LogP contribution in [0.25, 0.3) is 16.9 Å². The van der Waals surface area contributed by atoms with Gasteiger partial charge in [-0.25, -0.2) is 13.9 Å². The van der Waals surface area contributed by atoms with Gasteiger partial charge in [0.25, 0.3) is 0 Å². The molecular weight excluding hydrogens is 473 g/mol. The van der Waals surface area contributed by atoms with Crippen LogP contribution in [0.2, 0.25) is 0 Å². The van der Waals surface area contributed by atoms with E-state index >= 15 is 0 Å². The molecular formula is C28H28FN5O3. The van der Waals surface area contributed by atoms with Crippen molar-refractivity contribution in [3.8, 4) is 22.7 Å². The van der Waals surface area contributed by atoms with Crippen LogP contribution in [0.15, 0.2) is 84.9 Å². The van der Waals surface area contributed by atoms with E-state index in [1.54, 1.807) is 49.4 Å². The maximum atomic E-state index is 13.5. The van der Waals surface area contributed by atoms with Gasteiger partial charge in [-0.1, -0.05) is 30.3 Å². The van der Waals surface area contributed by atoms with Crippen LogP contribution < -0.4 is 15.4 Å². The molecule has 0 aliphatic carbocycles. The lowest BCUT2D eigenvalue weighted by Gasteiger charge is -2.21. The first-order chi connectivity index (χ1) is 18.0. The molecule has 0 saturated heterocycles. The molecule has 0 aliphatic heterocycles. The van der Waals surface area contributed by atoms with Gasteiger partial charge in [-0.15, -0.1) is 0 Å². The summed E-state index contributed by atoms with van der Waals surface area (Å²) in [4.78, 5) is 27.2. The molecule has 3 amide bonds. The predicted molar refractivity (Wildman–Crippen MR) is 141 cm³/mol. The van der Waals surface area contributed by atoms with Gasteiger partial charge in [-0.2, -0.15) is 5.10 Å². The Balaban J connectivity index is 1.49. The Kier molecular flexibility index (Phi) is 8.15. The molecule has 0 unspecified atom stereocenters. The molecule has 0 radical (unpaired) electrons. The topological polar surface area (TPSA) is 88.5 Å². The second-order valence-electron chi connectivity index (χ2n) is 8.12. The van der Waals surface area contributed by atoms with Crippen LogP contribution in [-0.2, 0) is 4.79 Å². The molecule has 9 heteroatoms. The molecule has 1 heterocycles. The average molecular weight is 502 g/mol. The number of anilines is 2. The van der Waals surface area contributed by atoms with E-state index in [2.05, 4.69) is 15.7 Å². The standard InChI is InChI=1S/C28H28FN5O3/c1-3-33(28(36)30-22-12-16-24(17-13-22)37-4-2)19-27(35)31-26-18-25(20-8-6-5-7-9-20)32-34(26)23-14-10-21(29)11-15-23/h5-18H,3-4,19H2,1-2H3,(H,30,36)(H,31,35). The predicted octanol–water partition coefficient (Wildman–Crippen LogP) is 5.57. The smallest absolute Gasteiger partial charge is 0.322 e. The highest BCUT2D eigenvalue weighted by molar-refractivity contribution is 5.97. The molecule has 0 bridgehead atoms. The fraction of sp³-hybridized carbons (Fsp3) is 0.179. The Hall–Kier alpha value is -4.66. The molecule has 0 fully saturated rings. The Morgan fingerprint density at radius 3 is 2.30 bits per heavy atom. The summed E-state index contributed by atoms with van der Waals surface area (Å²) < 4.78 is 20.5. The van der Waals surface area contributed by atoms with Crippen molar-refractivity contribution in [2.75, 3.05) is 30.3 Å².